The molecule has 94 valence electrons. The summed E-state index contributed by atoms with van der Waals surface area (Å²) in [5.74, 6) is 0. The summed E-state index contributed by atoms with van der Waals surface area (Å²) in [4.78, 5) is 5.50. The van der Waals surface area contributed by atoms with Crippen LogP contribution in [-0.4, -0.2) is 11.5 Å². The molecule has 2 rings (SSSR count). The summed E-state index contributed by atoms with van der Waals surface area (Å²) < 4.78 is 0. The Labute approximate surface area is 117 Å². The van der Waals surface area contributed by atoms with E-state index >= 15 is 0 Å². The van der Waals surface area contributed by atoms with Crippen LogP contribution in [0.5, 0.6) is 0 Å². The molecule has 0 bridgehead atoms. The largest absolute Gasteiger partial charge is 0.330 e. The normalized spacial score (nSPS) is 10.6. The zero-order valence-electron chi connectivity index (χ0n) is 10.2. The monoisotopic (exact) mass is 278 g/mol. The van der Waals surface area contributed by atoms with Crippen molar-refractivity contribution in [2.45, 2.75) is 23.3 Å². The first-order valence-corrected chi connectivity index (χ1v) is 6.97. The molecule has 1 aromatic heterocycles. The van der Waals surface area contributed by atoms with Crippen LogP contribution in [0, 0.1) is 6.92 Å². The lowest BCUT2D eigenvalue weighted by molar-refractivity contribution is 0.962. The average molecular weight is 279 g/mol. The van der Waals surface area contributed by atoms with Gasteiger partial charge in [0.25, 0.3) is 0 Å². The van der Waals surface area contributed by atoms with Crippen LogP contribution in [0.2, 0.25) is 5.02 Å². The minimum absolute atomic E-state index is 0.661. The van der Waals surface area contributed by atoms with Gasteiger partial charge in [-0.3, -0.25) is 0 Å². The van der Waals surface area contributed by atoms with E-state index in [0.29, 0.717) is 11.6 Å². The van der Waals surface area contributed by atoms with Gasteiger partial charge in [-0.25, -0.2) is 4.98 Å². The number of hydrogen-bond donors (Lipinski definition) is 1. The number of nitrogens with zero attached hydrogens (tertiary/aromatic N) is 1. The van der Waals surface area contributed by atoms with Crippen molar-refractivity contribution in [1.29, 1.82) is 0 Å². The van der Waals surface area contributed by atoms with Crippen molar-refractivity contribution in [1.82, 2.24) is 4.98 Å². The quantitative estimate of drug-likeness (QED) is 0.927. The molecule has 0 amide bonds. The third kappa shape index (κ3) is 3.48. The number of benzene rings is 1. The number of hydrogen-bond acceptors (Lipinski definition) is 3. The average Bonchev–Trinajstić information content (AvgIpc) is 2.36. The molecule has 2 N–H and O–H groups in total. The molecule has 0 spiro atoms. The third-order valence-corrected chi connectivity index (χ3v) is 3.94. The number of nitrogens with two attached hydrogens (primary N) is 1. The first-order chi connectivity index (χ1) is 8.69. The topological polar surface area (TPSA) is 38.9 Å². The van der Waals surface area contributed by atoms with E-state index < -0.39 is 0 Å². The van der Waals surface area contributed by atoms with Crippen LogP contribution < -0.4 is 5.73 Å². The van der Waals surface area contributed by atoms with Gasteiger partial charge < -0.3 is 5.73 Å². The Morgan fingerprint density at radius 3 is 2.72 bits per heavy atom. The smallest absolute Gasteiger partial charge is 0.101 e. The van der Waals surface area contributed by atoms with Gasteiger partial charge in [0.15, 0.2) is 0 Å². The van der Waals surface area contributed by atoms with Gasteiger partial charge in [-0.1, -0.05) is 35.5 Å². The summed E-state index contributed by atoms with van der Waals surface area (Å²) in [5, 5.41) is 1.61. The van der Waals surface area contributed by atoms with Crippen molar-refractivity contribution in [2.75, 3.05) is 6.54 Å². The lowest BCUT2D eigenvalue weighted by Crippen LogP contribution is -2.02. The standard InChI is InChI=1S/C14H15ClN2S/c1-10-8-11(6-7-16)2-4-13(10)18-14-5-3-12(15)9-17-14/h2-5,8-9H,6-7,16H2,1H3. The molecule has 2 nitrogen and oxygen atoms in total. The highest BCUT2D eigenvalue weighted by Gasteiger charge is 2.03. The Bertz CT molecular complexity index is 526. The second-order valence-corrected chi connectivity index (χ2v) is 5.55. The maximum absolute atomic E-state index is 5.82. The minimum atomic E-state index is 0.661. The molecule has 18 heavy (non-hydrogen) atoms. The second kappa shape index (κ2) is 6.23. The number of aryl methyl sites for hydroxylation is 1. The SMILES string of the molecule is Cc1cc(CCN)ccc1Sc1ccc(Cl)cn1. The summed E-state index contributed by atoms with van der Waals surface area (Å²) in [5.41, 5.74) is 8.09. The minimum Gasteiger partial charge on any atom is -0.330 e. The molecular weight excluding hydrogens is 264 g/mol. The fourth-order valence-corrected chi connectivity index (χ4v) is 2.62. The van der Waals surface area contributed by atoms with Gasteiger partial charge in [0.05, 0.1) is 5.02 Å². The molecule has 0 aliphatic carbocycles. The van der Waals surface area contributed by atoms with E-state index in [0.717, 1.165) is 11.4 Å². The van der Waals surface area contributed by atoms with E-state index in [4.69, 9.17) is 17.3 Å². The molecule has 0 unspecified atom stereocenters. The maximum atomic E-state index is 5.82. The van der Waals surface area contributed by atoms with Crippen molar-refractivity contribution in [2.24, 2.45) is 5.73 Å². The Morgan fingerprint density at radius 2 is 2.11 bits per heavy atom. The summed E-state index contributed by atoms with van der Waals surface area (Å²) in [6.45, 7) is 2.79. The lowest BCUT2D eigenvalue weighted by atomic mass is 10.1. The van der Waals surface area contributed by atoms with Crippen LogP contribution in [-0.2, 0) is 6.42 Å². The second-order valence-electron chi connectivity index (χ2n) is 4.06. The predicted molar refractivity (Wildman–Crippen MR) is 77.3 cm³/mol. The summed E-state index contributed by atoms with van der Waals surface area (Å²) in [6, 6.07) is 10.2. The Balaban J connectivity index is 2.16. The van der Waals surface area contributed by atoms with Crippen LogP contribution in [0.4, 0.5) is 0 Å². The molecule has 1 aromatic carbocycles. The van der Waals surface area contributed by atoms with Crippen LogP contribution in [0.15, 0.2) is 46.5 Å². The molecule has 0 fully saturated rings. The molecule has 0 aliphatic rings. The molecule has 0 radical (unpaired) electrons. The molecule has 2 aromatic rings. The number of rotatable bonds is 4. The van der Waals surface area contributed by atoms with E-state index in [1.165, 1.54) is 16.0 Å². The molecule has 1 heterocycles. The van der Waals surface area contributed by atoms with E-state index in [1.807, 2.05) is 12.1 Å². The van der Waals surface area contributed by atoms with Gasteiger partial charge in [-0.2, -0.15) is 0 Å². The number of halogens is 1. The van der Waals surface area contributed by atoms with Gasteiger partial charge in [-0.05, 0) is 49.2 Å². The zero-order chi connectivity index (χ0) is 13.0. The first kappa shape index (κ1) is 13.4. The zero-order valence-corrected chi connectivity index (χ0v) is 11.8. The summed E-state index contributed by atoms with van der Waals surface area (Å²) in [6.07, 6.45) is 2.59. The lowest BCUT2D eigenvalue weighted by Gasteiger charge is -2.07. The van der Waals surface area contributed by atoms with Crippen molar-refractivity contribution in [3.8, 4) is 0 Å². The fraction of sp³-hybridized carbons (Fsp3) is 0.214. The molecule has 0 saturated heterocycles. The van der Waals surface area contributed by atoms with Gasteiger partial charge >= 0.3 is 0 Å². The molecule has 4 heteroatoms. The first-order valence-electron chi connectivity index (χ1n) is 5.78. The van der Waals surface area contributed by atoms with Crippen LogP contribution >= 0.6 is 23.4 Å². The number of aromatic nitrogens is 1. The van der Waals surface area contributed by atoms with Gasteiger partial charge in [0, 0.05) is 11.1 Å². The highest BCUT2D eigenvalue weighted by molar-refractivity contribution is 7.99. The third-order valence-electron chi connectivity index (χ3n) is 2.59. The van der Waals surface area contributed by atoms with E-state index in [-0.39, 0.29) is 0 Å². The Morgan fingerprint density at radius 1 is 1.28 bits per heavy atom. The van der Waals surface area contributed by atoms with Gasteiger partial charge in [0.2, 0.25) is 0 Å². The van der Waals surface area contributed by atoms with Crippen molar-refractivity contribution >= 4 is 23.4 Å². The van der Waals surface area contributed by atoms with E-state index in [2.05, 4.69) is 30.1 Å². The van der Waals surface area contributed by atoms with Gasteiger partial charge in [0.1, 0.15) is 5.03 Å². The van der Waals surface area contributed by atoms with E-state index in [1.54, 1.807) is 18.0 Å². The molecule has 0 aliphatic heterocycles. The van der Waals surface area contributed by atoms with E-state index in [9.17, 15) is 0 Å². The maximum Gasteiger partial charge on any atom is 0.101 e. The van der Waals surface area contributed by atoms with Crippen molar-refractivity contribution < 1.29 is 0 Å². The Hall–Kier alpha value is -1.03. The molecule has 0 atom stereocenters. The predicted octanol–water partition coefficient (Wildman–Crippen LogP) is 3.70. The summed E-state index contributed by atoms with van der Waals surface area (Å²) >= 11 is 7.47. The molecule has 0 saturated carbocycles. The number of pyridine rings is 1. The van der Waals surface area contributed by atoms with Gasteiger partial charge in [-0.15, -0.1) is 0 Å². The van der Waals surface area contributed by atoms with Crippen molar-refractivity contribution in [3.05, 3.63) is 52.7 Å². The Kier molecular flexibility index (Phi) is 4.64. The highest BCUT2D eigenvalue weighted by Crippen LogP contribution is 2.29. The van der Waals surface area contributed by atoms with Crippen molar-refractivity contribution in [3.63, 3.8) is 0 Å². The molecular formula is C14H15ClN2S. The van der Waals surface area contributed by atoms with Crippen LogP contribution in [0.25, 0.3) is 0 Å². The fourth-order valence-electron chi connectivity index (χ4n) is 1.68. The van der Waals surface area contributed by atoms with Crippen LogP contribution in [0.1, 0.15) is 11.1 Å². The highest BCUT2D eigenvalue weighted by atomic mass is 35.5. The van der Waals surface area contributed by atoms with Crippen LogP contribution in [0.3, 0.4) is 0 Å². The summed E-state index contributed by atoms with van der Waals surface area (Å²) in [7, 11) is 0.